The maximum Gasteiger partial charge on any atom is 0.335 e. The Hall–Kier alpha value is -3.64. The second-order valence-electron chi connectivity index (χ2n) is 7.31. The Kier molecular flexibility index (Phi) is 5.73. The van der Waals surface area contributed by atoms with Crippen molar-refractivity contribution in [3.63, 3.8) is 0 Å². The van der Waals surface area contributed by atoms with E-state index in [-0.39, 0.29) is 10.5 Å². The van der Waals surface area contributed by atoms with Crippen molar-refractivity contribution in [1.82, 2.24) is 0 Å². The van der Waals surface area contributed by atoms with Gasteiger partial charge in [0.15, 0.2) is 0 Å². The molecule has 0 saturated carbocycles. The van der Waals surface area contributed by atoms with Gasteiger partial charge in [0.05, 0.1) is 10.5 Å². The lowest BCUT2D eigenvalue weighted by Crippen LogP contribution is -2.12. The van der Waals surface area contributed by atoms with Crippen LogP contribution in [0.3, 0.4) is 0 Å². The smallest absolute Gasteiger partial charge is 0.335 e. The predicted octanol–water partition coefficient (Wildman–Crippen LogP) is 5.12. The first kappa shape index (κ1) is 20.6. The normalized spacial score (nSPS) is 11.4. The molecule has 0 aliphatic carbocycles. The Bertz CT molecular complexity index is 1330. The van der Waals surface area contributed by atoms with E-state index in [2.05, 4.69) is 4.72 Å². The second-order valence-corrected chi connectivity index (χ2v) is 9.00. The molecule has 0 atom stereocenters. The summed E-state index contributed by atoms with van der Waals surface area (Å²) >= 11 is 0. The fraction of sp³-hybridized carbons (Fsp3) is 0.0800. The summed E-state index contributed by atoms with van der Waals surface area (Å²) in [5.74, 6) is -0.937. The van der Waals surface area contributed by atoms with Gasteiger partial charge in [-0.1, -0.05) is 54.6 Å². The molecular formula is C25H21NO4S. The molecule has 0 heterocycles. The van der Waals surface area contributed by atoms with Crippen molar-refractivity contribution in [2.24, 2.45) is 0 Å². The van der Waals surface area contributed by atoms with Gasteiger partial charge in [0, 0.05) is 5.69 Å². The standard InChI is InChI=1S/C25H21NO4S/c27-25(28)21-11-7-18(8-12-21)5-6-19-9-14-23(15-10-19)26-31(29,30)24-16-13-20-3-1-2-4-22(20)17-24/h1-4,7-17,26H,5-6H2,(H,27,28). The average molecular weight is 432 g/mol. The molecular weight excluding hydrogens is 410 g/mol. The molecule has 31 heavy (non-hydrogen) atoms. The Morgan fingerprint density at radius 2 is 1.32 bits per heavy atom. The monoisotopic (exact) mass is 431 g/mol. The molecule has 0 fully saturated rings. The van der Waals surface area contributed by atoms with Crippen molar-refractivity contribution in [3.8, 4) is 0 Å². The SMILES string of the molecule is O=C(O)c1ccc(CCc2ccc(NS(=O)(=O)c3ccc4ccccc4c3)cc2)cc1. The Morgan fingerprint density at radius 3 is 1.94 bits per heavy atom. The summed E-state index contributed by atoms with van der Waals surface area (Å²) in [5, 5.41) is 10.8. The summed E-state index contributed by atoms with van der Waals surface area (Å²) in [4.78, 5) is 11.1. The quantitative estimate of drug-likeness (QED) is 0.425. The highest BCUT2D eigenvalue weighted by molar-refractivity contribution is 7.92. The third kappa shape index (κ3) is 4.92. The van der Waals surface area contributed by atoms with Crippen LogP contribution in [0.15, 0.2) is 95.9 Å². The molecule has 5 nitrogen and oxygen atoms in total. The number of fused-ring (bicyclic) bond motifs is 1. The molecule has 4 aromatic carbocycles. The van der Waals surface area contributed by atoms with Gasteiger partial charge < -0.3 is 5.11 Å². The molecule has 0 radical (unpaired) electrons. The summed E-state index contributed by atoms with van der Waals surface area (Å²) < 4.78 is 28.2. The van der Waals surface area contributed by atoms with Crippen molar-refractivity contribution in [3.05, 3.63) is 108 Å². The number of carboxylic acids is 1. The Labute approximate surface area is 181 Å². The summed E-state index contributed by atoms with van der Waals surface area (Å²) in [6.45, 7) is 0. The topological polar surface area (TPSA) is 83.5 Å². The molecule has 0 aliphatic heterocycles. The van der Waals surface area contributed by atoms with E-state index in [0.717, 1.165) is 34.7 Å². The van der Waals surface area contributed by atoms with Crippen LogP contribution in [0, 0.1) is 0 Å². The molecule has 6 heteroatoms. The third-order valence-corrected chi connectivity index (χ3v) is 6.52. The number of carbonyl (C=O) groups is 1. The van der Waals surface area contributed by atoms with Crippen molar-refractivity contribution in [1.29, 1.82) is 0 Å². The molecule has 0 saturated heterocycles. The molecule has 4 aromatic rings. The van der Waals surface area contributed by atoms with Crippen molar-refractivity contribution >= 4 is 32.5 Å². The van der Waals surface area contributed by atoms with E-state index in [1.807, 2.05) is 48.5 Å². The van der Waals surface area contributed by atoms with E-state index < -0.39 is 16.0 Å². The minimum absolute atomic E-state index is 0.222. The minimum Gasteiger partial charge on any atom is -0.478 e. The molecule has 0 aromatic heterocycles. The fourth-order valence-electron chi connectivity index (χ4n) is 3.39. The summed E-state index contributed by atoms with van der Waals surface area (Å²) in [6, 6.07) is 26.8. The van der Waals surface area contributed by atoms with E-state index in [4.69, 9.17) is 5.11 Å². The zero-order chi connectivity index (χ0) is 21.8. The first-order valence-electron chi connectivity index (χ1n) is 9.83. The van der Waals surface area contributed by atoms with Gasteiger partial charge >= 0.3 is 5.97 Å². The number of rotatable bonds is 7. The third-order valence-electron chi connectivity index (χ3n) is 5.14. The number of hydrogen-bond donors (Lipinski definition) is 2. The largest absolute Gasteiger partial charge is 0.478 e. The number of anilines is 1. The van der Waals surface area contributed by atoms with E-state index in [1.54, 1.807) is 42.5 Å². The first-order valence-corrected chi connectivity index (χ1v) is 11.3. The highest BCUT2D eigenvalue weighted by Gasteiger charge is 2.14. The molecule has 4 rings (SSSR count). The van der Waals surface area contributed by atoms with Crippen molar-refractivity contribution in [2.45, 2.75) is 17.7 Å². The first-order chi connectivity index (χ1) is 14.9. The molecule has 0 bridgehead atoms. The average Bonchev–Trinajstić information content (AvgIpc) is 2.78. The van der Waals surface area contributed by atoms with Crippen molar-refractivity contribution in [2.75, 3.05) is 4.72 Å². The molecule has 0 aliphatic rings. The van der Waals surface area contributed by atoms with Gasteiger partial charge in [-0.05, 0) is 71.1 Å². The highest BCUT2D eigenvalue weighted by atomic mass is 32.2. The van der Waals surface area contributed by atoms with Gasteiger partial charge in [-0.3, -0.25) is 4.72 Å². The lowest BCUT2D eigenvalue weighted by molar-refractivity contribution is 0.0697. The van der Waals surface area contributed by atoms with Gasteiger partial charge in [-0.15, -0.1) is 0 Å². The lowest BCUT2D eigenvalue weighted by atomic mass is 10.0. The van der Waals surface area contributed by atoms with Crippen LogP contribution >= 0.6 is 0 Å². The molecule has 0 spiro atoms. The number of benzene rings is 4. The van der Waals surface area contributed by atoms with Crippen LogP contribution in [0.2, 0.25) is 0 Å². The van der Waals surface area contributed by atoms with Crippen LogP contribution in [-0.2, 0) is 22.9 Å². The van der Waals surface area contributed by atoms with Crippen LogP contribution in [0.25, 0.3) is 10.8 Å². The predicted molar refractivity (Wildman–Crippen MR) is 122 cm³/mol. The zero-order valence-corrected chi connectivity index (χ0v) is 17.5. The maximum absolute atomic E-state index is 12.8. The Balaban J connectivity index is 1.41. The summed E-state index contributed by atoms with van der Waals surface area (Å²) in [6.07, 6.45) is 1.53. The zero-order valence-electron chi connectivity index (χ0n) is 16.7. The van der Waals surface area contributed by atoms with Crippen LogP contribution < -0.4 is 4.72 Å². The van der Waals surface area contributed by atoms with Crippen LogP contribution in [0.1, 0.15) is 21.5 Å². The van der Waals surface area contributed by atoms with E-state index >= 15 is 0 Å². The van der Waals surface area contributed by atoms with Gasteiger partial charge in [0.2, 0.25) is 0 Å². The van der Waals surface area contributed by atoms with Gasteiger partial charge in [0.1, 0.15) is 0 Å². The molecule has 156 valence electrons. The highest BCUT2D eigenvalue weighted by Crippen LogP contribution is 2.22. The molecule has 2 N–H and O–H groups in total. The number of nitrogens with one attached hydrogen (secondary N) is 1. The number of aryl methyl sites for hydroxylation is 2. The van der Waals surface area contributed by atoms with E-state index in [1.165, 1.54) is 0 Å². The number of aromatic carboxylic acids is 1. The van der Waals surface area contributed by atoms with Gasteiger partial charge in [-0.25, -0.2) is 13.2 Å². The number of sulfonamides is 1. The fourth-order valence-corrected chi connectivity index (χ4v) is 4.48. The van der Waals surface area contributed by atoms with E-state index in [9.17, 15) is 13.2 Å². The van der Waals surface area contributed by atoms with Gasteiger partial charge in [0.25, 0.3) is 10.0 Å². The molecule has 0 unspecified atom stereocenters. The Morgan fingerprint density at radius 1 is 0.742 bits per heavy atom. The summed E-state index contributed by atoms with van der Waals surface area (Å²) in [7, 11) is -3.68. The second kappa shape index (κ2) is 8.62. The van der Waals surface area contributed by atoms with Crippen LogP contribution in [0.4, 0.5) is 5.69 Å². The van der Waals surface area contributed by atoms with Crippen LogP contribution in [-0.4, -0.2) is 19.5 Å². The lowest BCUT2D eigenvalue weighted by Gasteiger charge is -2.10. The number of carboxylic acid groups (broad SMARTS) is 1. The maximum atomic E-state index is 12.8. The molecule has 0 amide bonds. The van der Waals surface area contributed by atoms with Crippen LogP contribution in [0.5, 0.6) is 0 Å². The summed E-state index contributed by atoms with van der Waals surface area (Å²) in [5.41, 5.74) is 2.89. The van der Waals surface area contributed by atoms with E-state index in [0.29, 0.717) is 5.69 Å². The number of hydrogen-bond acceptors (Lipinski definition) is 3. The van der Waals surface area contributed by atoms with Crippen molar-refractivity contribution < 1.29 is 18.3 Å². The minimum atomic E-state index is -3.68. The van der Waals surface area contributed by atoms with Gasteiger partial charge in [-0.2, -0.15) is 0 Å².